The molecule has 2 aromatic carbocycles. The zero-order valence-electron chi connectivity index (χ0n) is 17.1. The number of rotatable bonds is 5. The molecule has 0 radical (unpaired) electrons. The molecule has 0 unspecified atom stereocenters. The summed E-state index contributed by atoms with van der Waals surface area (Å²) in [5.74, 6) is -0.622. The standard InChI is InChI=1S/C25H24FN3O2/c26-21-7-3-5-19(15-21)18-9-11-22(12-10-18)28-25(31)20-6-4-14-29(17-20)24(30)16-23-8-1-2-13-27-23/h1-3,5,7-13,15,20H,4,6,14,16-17H2,(H,28,31)/t20-/m0/s1. The number of hydrogen-bond acceptors (Lipinski definition) is 3. The molecule has 0 saturated carbocycles. The zero-order chi connectivity index (χ0) is 21.6. The lowest BCUT2D eigenvalue weighted by Gasteiger charge is -2.32. The van der Waals surface area contributed by atoms with Gasteiger partial charge in [0.25, 0.3) is 0 Å². The molecular weight excluding hydrogens is 393 g/mol. The SMILES string of the molecule is O=C(Nc1ccc(-c2cccc(F)c2)cc1)[C@H]1CCCN(C(=O)Cc2ccccn2)C1. The van der Waals surface area contributed by atoms with E-state index < -0.39 is 0 Å². The summed E-state index contributed by atoms with van der Waals surface area (Å²) in [6, 6.07) is 19.2. The molecule has 0 aliphatic carbocycles. The van der Waals surface area contributed by atoms with Crippen LogP contribution in [0.4, 0.5) is 10.1 Å². The van der Waals surface area contributed by atoms with E-state index in [9.17, 15) is 14.0 Å². The minimum atomic E-state index is -0.283. The van der Waals surface area contributed by atoms with Crippen molar-refractivity contribution in [2.24, 2.45) is 5.92 Å². The van der Waals surface area contributed by atoms with E-state index in [2.05, 4.69) is 10.3 Å². The van der Waals surface area contributed by atoms with E-state index in [1.165, 1.54) is 12.1 Å². The lowest BCUT2D eigenvalue weighted by atomic mass is 9.96. The van der Waals surface area contributed by atoms with Crippen molar-refractivity contribution in [3.05, 3.63) is 84.4 Å². The van der Waals surface area contributed by atoms with Gasteiger partial charge >= 0.3 is 0 Å². The largest absolute Gasteiger partial charge is 0.342 e. The number of pyridine rings is 1. The third-order valence-corrected chi connectivity index (χ3v) is 5.51. The van der Waals surface area contributed by atoms with E-state index in [-0.39, 0.29) is 30.0 Å². The summed E-state index contributed by atoms with van der Waals surface area (Å²) in [5, 5.41) is 2.95. The normalized spacial score (nSPS) is 16.0. The van der Waals surface area contributed by atoms with Crippen LogP contribution < -0.4 is 5.32 Å². The van der Waals surface area contributed by atoms with Gasteiger partial charge in [-0.25, -0.2) is 4.39 Å². The van der Waals surface area contributed by atoms with Crippen molar-refractivity contribution in [3.63, 3.8) is 0 Å². The molecule has 6 heteroatoms. The highest BCUT2D eigenvalue weighted by Gasteiger charge is 2.28. The van der Waals surface area contributed by atoms with Gasteiger partial charge in [-0.3, -0.25) is 14.6 Å². The van der Waals surface area contributed by atoms with Crippen molar-refractivity contribution in [1.82, 2.24) is 9.88 Å². The molecule has 0 spiro atoms. The van der Waals surface area contributed by atoms with Gasteiger partial charge in [0.1, 0.15) is 5.82 Å². The number of nitrogens with zero attached hydrogens (tertiary/aromatic N) is 2. The van der Waals surface area contributed by atoms with Gasteiger partial charge in [0.15, 0.2) is 0 Å². The van der Waals surface area contributed by atoms with Crippen molar-refractivity contribution in [1.29, 1.82) is 0 Å². The lowest BCUT2D eigenvalue weighted by Crippen LogP contribution is -2.44. The van der Waals surface area contributed by atoms with Gasteiger partial charge in [0.05, 0.1) is 12.3 Å². The lowest BCUT2D eigenvalue weighted by molar-refractivity contribution is -0.134. The first kappa shape index (κ1) is 20.7. The van der Waals surface area contributed by atoms with Crippen LogP contribution in [0.15, 0.2) is 72.9 Å². The highest BCUT2D eigenvalue weighted by atomic mass is 19.1. The Hall–Kier alpha value is -3.54. The minimum Gasteiger partial charge on any atom is -0.342 e. The van der Waals surface area contributed by atoms with Crippen LogP contribution in [-0.2, 0) is 16.0 Å². The molecule has 158 valence electrons. The van der Waals surface area contributed by atoms with Gasteiger partial charge in [-0.1, -0.05) is 30.3 Å². The molecule has 1 aliphatic rings. The molecule has 3 aromatic rings. The van der Waals surface area contributed by atoms with E-state index >= 15 is 0 Å². The second kappa shape index (κ2) is 9.51. The van der Waals surface area contributed by atoms with Crippen molar-refractivity contribution in [2.75, 3.05) is 18.4 Å². The first-order valence-electron chi connectivity index (χ1n) is 10.4. The quantitative estimate of drug-likeness (QED) is 0.673. The number of anilines is 1. The summed E-state index contributed by atoms with van der Waals surface area (Å²) in [6.07, 6.45) is 3.47. The van der Waals surface area contributed by atoms with Crippen molar-refractivity contribution in [2.45, 2.75) is 19.3 Å². The van der Waals surface area contributed by atoms with Crippen LogP contribution in [0.2, 0.25) is 0 Å². The van der Waals surface area contributed by atoms with Crippen molar-refractivity contribution < 1.29 is 14.0 Å². The van der Waals surface area contributed by atoms with Gasteiger partial charge in [-0.15, -0.1) is 0 Å². The number of benzene rings is 2. The maximum absolute atomic E-state index is 13.4. The average molecular weight is 417 g/mol. The third kappa shape index (κ3) is 5.34. The van der Waals surface area contributed by atoms with Crippen LogP contribution in [0.5, 0.6) is 0 Å². The summed E-state index contributed by atoms with van der Waals surface area (Å²) in [7, 11) is 0. The Morgan fingerprint density at radius 2 is 1.87 bits per heavy atom. The summed E-state index contributed by atoms with van der Waals surface area (Å²) >= 11 is 0. The molecule has 1 atom stereocenters. The van der Waals surface area contributed by atoms with Gasteiger partial charge in [-0.2, -0.15) is 0 Å². The Bertz CT molecular complexity index is 1050. The molecule has 5 nitrogen and oxygen atoms in total. The van der Waals surface area contributed by atoms with Crippen LogP contribution in [0.25, 0.3) is 11.1 Å². The summed E-state index contributed by atoms with van der Waals surface area (Å²) < 4.78 is 13.4. The molecule has 4 rings (SSSR count). The summed E-state index contributed by atoms with van der Waals surface area (Å²) in [5.41, 5.74) is 3.08. The molecular formula is C25H24FN3O2. The van der Waals surface area contributed by atoms with Crippen LogP contribution >= 0.6 is 0 Å². The Balaban J connectivity index is 1.35. The Kier molecular flexibility index (Phi) is 6.36. The van der Waals surface area contributed by atoms with E-state index in [1.807, 2.05) is 48.5 Å². The second-order valence-electron chi connectivity index (χ2n) is 7.75. The zero-order valence-corrected chi connectivity index (χ0v) is 17.1. The fourth-order valence-corrected chi connectivity index (χ4v) is 3.85. The number of carbonyl (C=O) groups excluding carboxylic acids is 2. The molecule has 1 N–H and O–H groups in total. The molecule has 31 heavy (non-hydrogen) atoms. The van der Waals surface area contributed by atoms with Gasteiger partial charge in [0, 0.05) is 30.7 Å². The Morgan fingerprint density at radius 1 is 1.03 bits per heavy atom. The highest BCUT2D eigenvalue weighted by molar-refractivity contribution is 5.93. The first-order valence-corrected chi connectivity index (χ1v) is 10.4. The molecule has 1 saturated heterocycles. The highest BCUT2D eigenvalue weighted by Crippen LogP contribution is 2.24. The van der Waals surface area contributed by atoms with Crippen LogP contribution in [0.1, 0.15) is 18.5 Å². The monoisotopic (exact) mass is 417 g/mol. The molecule has 1 fully saturated rings. The number of nitrogens with one attached hydrogen (secondary N) is 1. The Morgan fingerprint density at radius 3 is 2.61 bits per heavy atom. The minimum absolute atomic E-state index is 0.00403. The second-order valence-corrected chi connectivity index (χ2v) is 7.75. The maximum atomic E-state index is 13.4. The van der Waals surface area contributed by atoms with E-state index in [4.69, 9.17) is 0 Å². The Labute approximate surface area is 180 Å². The van der Waals surface area contributed by atoms with Gasteiger partial charge in [-0.05, 0) is 60.4 Å². The first-order chi connectivity index (χ1) is 15.1. The van der Waals surface area contributed by atoms with E-state index in [0.717, 1.165) is 29.7 Å². The molecule has 1 aromatic heterocycles. The average Bonchev–Trinajstić information content (AvgIpc) is 2.80. The van der Waals surface area contributed by atoms with Crippen LogP contribution in [0, 0.1) is 11.7 Å². The maximum Gasteiger partial charge on any atom is 0.229 e. The van der Waals surface area contributed by atoms with Gasteiger partial charge < -0.3 is 10.2 Å². The molecule has 0 bridgehead atoms. The molecule has 2 heterocycles. The van der Waals surface area contributed by atoms with Crippen LogP contribution in [-0.4, -0.2) is 34.8 Å². The van der Waals surface area contributed by atoms with E-state index in [0.29, 0.717) is 18.8 Å². The number of halogens is 1. The molecule has 1 aliphatic heterocycles. The number of piperidine rings is 1. The van der Waals surface area contributed by atoms with Crippen molar-refractivity contribution in [3.8, 4) is 11.1 Å². The van der Waals surface area contributed by atoms with Crippen molar-refractivity contribution >= 4 is 17.5 Å². The number of likely N-dealkylation sites (tertiary alicyclic amines) is 1. The smallest absolute Gasteiger partial charge is 0.229 e. The number of aromatic nitrogens is 1. The third-order valence-electron chi connectivity index (χ3n) is 5.51. The predicted molar refractivity (Wildman–Crippen MR) is 118 cm³/mol. The number of carbonyl (C=O) groups is 2. The van der Waals surface area contributed by atoms with Crippen LogP contribution in [0.3, 0.4) is 0 Å². The fourth-order valence-electron chi connectivity index (χ4n) is 3.85. The number of amides is 2. The van der Waals surface area contributed by atoms with Gasteiger partial charge in [0.2, 0.25) is 11.8 Å². The summed E-state index contributed by atoms with van der Waals surface area (Å²) in [6.45, 7) is 1.08. The molecule has 2 amide bonds. The predicted octanol–water partition coefficient (Wildman–Crippen LogP) is 4.31. The fraction of sp³-hybridized carbons (Fsp3) is 0.240. The number of hydrogen-bond donors (Lipinski definition) is 1. The summed E-state index contributed by atoms with van der Waals surface area (Å²) in [4.78, 5) is 31.4. The van der Waals surface area contributed by atoms with E-state index in [1.54, 1.807) is 17.2 Å². The topological polar surface area (TPSA) is 62.3 Å².